The molecule has 0 saturated carbocycles. The minimum Gasteiger partial charge on any atom is -0.398 e. The van der Waals surface area contributed by atoms with Crippen LogP contribution in [0, 0.1) is 0 Å². The van der Waals surface area contributed by atoms with Crippen LogP contribution in [0.2, 0.25) is 0 Å². The number of rotatable bonds is 1. The van der Waals surface area contributed by atoms with E-state index in [4.69, 9.17) is 17.3 Å². The zero-order valence-corrected chi connectivity index (χ0v) is 9.26. The molecule has 0 heterocycles. The molecule has 0 saturated heterocycles. The highest BCUT2D eigenvalue weighted by Crippen LogP contribution is 2.30. The van der Waals surface area contributed by atoms with Crippen molar-refractivity contribution in [3.05, 3.63) is 40.1 Å². The lowest BCUT2D eigenvalue weighted by molar-refractivity contribution is 0.0976. The number of allylic oxidation sites excluding steroid dienone is 2. The number of anilines is 1. The first-order valence-corrected chi connectivity index (χ1v) is 5.01. The third-order valence-corrected chi connectivity index (χ3v) is 2.82. The highest BCUT2D eigenvalue weighted by Gasteiger charge is 2.32. The van der Waals surface area contributed by atoms with E-state index in [0.29, 0.717) is 0 Å². The number of carbonyl (C=O) groups excluding carboxylic acids is 2. The van der Waals surface area contributed by atoms with Gasteiger partial charge in [-0.15, -0.1) is 0 Å². The van der Waals surface area contributed by atoms with Gasteiger partial charge in [0, 0.05) is 18.3 Å². The molecule has 82 valence electrons. The van der Waals surface area contributed by atoms with Crippen LogP contribution >= 0.6 is 11.6 Å². The lowest BCUT2D eigenvalue weighted by Gasteiger charge is -2.18. The molecule has 0 radical (unpaired) electrons. The van der Waals surface area contributed by atoms with Gasteiger partial charge in [0.1, 0.15) is 10.7 Å². The van der Waals surface area contributed by atoms with Crippen molar-refractivity contribution in [3.8, 4) is 0 Å². The Hall–Kier alpha value is -1.81. The van der Waals surface area contributed by atoms with Crippen LogP contribution in [-0.4, -0.2) is 18.6 Å². The summed E-state index contributed by atoms with van der Waals surface area (Å²) in [5.41, 5.74) is 6.55. The van der Waals surface area contributed by atoms with Crippen molar-refractivity contribution in [1.29, 1.82) is 0 Å². The summed E-state index contributed by atoms with van der Waals surface area (Å²) >= 11 is 5.81. The van der Waals surface area contributed by atoms with Gasteiger partial charge in [-0.05, 0) is 6.07 Å². The third kappa shape index (κ3) is 1.31. The SMILES string of the molecule is CNC1=C(Cl)C(=O)c2cccc(N)c2C1=O. The highest BCUT2D eigenvalue weighted by atomic mass is 35.5. The van der Waals surface area contributed by atoms with E-state index >= 15 is 0 Å². The van der Waals surface area contributed by atoms with Crippen molar-refractivity contribution < 1.29 is 9.59 Å². The Balaban J connectivity index is 2.75. The molecule has 1 aliphatic rings. The number of fused-ring (bicyclic) bond motifs is 1. The van der Waals surface area contributed by atoms with E-state index < -0.39 is 0 Å². The molecular formula is C11H9ClN2O2. The van der Waals surface area contributed by atoms with Crippen molar-refractivity contribution in [2.75, 3.05) is 12.8 Å². The quantitative estimate of drug-likeness (QED) is 0.722. The standard InChI is InChI=1S/C11H9ClN2O2/c1-14-9-8(12)10(15)5-3-2-4-6(13)7(5)11(9)16/h2-4,14H,13H2,1H3. The molecule has 16 heavy (non-hydrogen) atoms. The molecule has 0 aliphatic heterocycles. The van der Waals surface area contributed by atoms with Gasteiger partial charge in [-0.2, -0.15) is 0 Å². The summed E-state index contributed by atoms with van der Waals surface area (Å²) in [5, 5.41) is 2.53. The first kappa shape index (κ1) is 10.7. The maximum Gasteiger partial charge on any atom is 0.213 e. The molecule has 0 fully saturated rings. The predicted octanol–water partition coefficient (Wildman–Crippen LogP) is 1.32. The fourth-order valence-electron chi connectivity index (χ4n) is 1.69. The lowest BCUT2D eigenvalue weighted by Crippen LogP contribution is -2.27. The molecular weight excluding hydrogens is 228 g/mol. The normalized spacial score (nSPS) is 15.1. The van der Waals surface area contributed by atoms with Crippen molar-refractivity contribution in [3.63, 3.8) is 0 Å². The van der Waals surface area contributed by atoms with Crippen LogP contribution in [-0.2, 0) is 0 Å². The topological polar surface area (TPSA) is 72.2 Å². The van der Waals surface area contributed by atoms with Gasteiger partial charge < -0.3 is 11.1 Å². The Morgan fingerprint density at radius 1 is 1.25 bits per heavy atom. The largest absolute Gasteiger partial charge is 0.398 e. The number of likely N-dealkylation sites (N-methyl/N-ethyl adjacent to an activating group) is 1. The predicted molar refractivity (Wildman–Crippen MR) is 61.5 cm³/mol. The number of nitrogens with two attached hydrogens (primary N) is 1. The van der Waals surface area contributed by atoms with Gasteiger partial charge in [-0.1, -0.05) is 23.7 Å². The van der Waals surface area contributed by atoms with Crippen molar-refractivity contribution in [1.82, 2.24) is 5.32 Å². The second-order valence-corrected chi connectivity index (χ2v) is 3.74. The average molecular weight is 237 g/mol. The molecule has 1 aliphatic carbocycles. The molecule has 0 aromatic heterocycles. The van der Waals surface area contributed by atoms with Crippen LogP contribution in [0.5, 0.6) is 0 Å². The van der Waals surface area contributed by atoms with E-state index in [1.807, 2.05) is 0 Å². The summed E-state index contributed by atoms with van der Waals surface area (Å²) < 4.78 is 0. The molecule has 0 atom stereocenters. The van der Waals surface area contributed by atoms with Gasteiger partial charge in [-0.25, -0.2) is 0 Å². The summed E-state index contributed by atoms with van der Waals surface area (Å²) in [6.07, 6.45) is 0. The van der Waals surface area contributed by atoms with E-state index in [1.54, 1.807) is 18.2 Å². The maximum atomic E-state index is 12.0. The van der Waals surface area contributed by atoms with Crippen LogP contribution in [0.3, 0.4) is 0 Å². The van der Waals surface area contributed by atoms with Gasteiger partial charge in [0.2, 0.25) is 11.6 Å². The fraction of sp³-hybridized carbons (Fsp3) is 0.0909. The number of nitrogen functional groups attached to an aromatic ring is 1. The summed E-state index contributed by atoms with van der Waals surface area (Å²) in [7, 11) is 1.53. The molecule has 0 unspecified atom stereocenters. The Morgan fingerprint density at radius 2 is 1.94 bits per heavy atom. The zero-order chi connectivity index (χ0) is 11.9. The Kier molecular flexibility index (Phi) is 2.44. The minimum atomic E-state index is -0.382. The number of hydrogen-bond donors (Lipinski definition) is 2. The fourth-order valence-corrected chi connectivity index (χ4v) is 1.97. The van der Waals surface area contributed by atoms with Gasteiger partial charge in [0.25, 0.3) is 0 Å². The molecule has 4 nitrogen and oxygen atoms in total. The van der Waals surface area contributed by atoms with Crippen LogP contribution in [0.1, 0.15) is 20.7 Å². The van der Waals surface area contributed by atoms with E-state index in [-0.39, 0.29) is 39.1 Å². The first-order valence-electron chi connectivity index (χ1n) is 4.63. The zero-order valence-electron chi connectivity index (χ0n) is 8.50. The number of hydrogen-bond acceptors (Lipinski definition) is 4. The number of halogens is 1. The van der Waals surface area contributed by atoms with E-state index in [2.05, 4.69) is 5.32 Å². The first-order chi connectivity index (χ1) is 7.57. The van der Waals surface area contributed by atoms with E-state index in [9.17, 15) is 9.59 Å². The molecule has 5 heteroatoms. The van der Waals surface area contributed by atoms with Crippen LogP contribution < -0.4 is 11.1 Å². The molecule has 1 aromatic carbocycles. The average Bonchev–Trinajstić information content (AvgIpc) is 2.26. The summed E-state index contributed by atoms with van der Waals surface area (Å²) in [4.78, 5) is 23.8. The molecule has 0 amide bonds. The van der Waals surface area contributed by atoms with Crippen molar-refractivity contribution in [2.45, 2.75) is 0 Å². The monoisotopic (exact) mass is 236 g/mol. The molecule has 3 N–H and O–H groups in total. The summed E-state index contributed by atoms with van der Waals surface area (Å²) in [6, 6.07) is 4.74. The van der Waals surface area contributed by atoms with E-state index in [1.165, 1.54) is 7.05 Å². The van der Waals surface area contributed by atoms with Crippen LogP contribution in [0.25, 0.3) is 0 Å². The van der Waals surface area contributed by atoms with Gasteiger partial charge in [0.15, 0.2) is 0 Å². The molecule has 0 spiro atoms. The highest BCUT2D eigenvalue weighted by molar-refractivity contribution is 6.50. The summed E-state index contributed by atoms with van der Waals surface area (Å²) in [6.45, 7) is 0. The van der Waals surface area contributed by atoms with E-state index in [0.717, 1.165) is 0 Å². The Labute approximate surface area is 97.1 Å². The summed E-state index contributed by atoms with van der Waals surface area (Å²) in [5.74, 6) is -0.729. The number of carbonyl (C=O) groups is 2. The molecule has 1 aromatic rings. The Morgan fingerprint density at radius 3 is 2.56 bits per heavy atom. The second kappa shape index (κ2) is 3.64. The smallest absolute Gasteiger partial charge is 0.213 e. The van der Waals surface area contributed by atoms with Gasteiger partial charge in [0.05, 0.1) is 5.56 Å². The van der Waals surface area contributed by atoms with Crippen molar-refractivity contribution in [2.24, 2.45) is 0 Å². The lowest BCUT2D eigenvalue weighted by atomic mass is 9.91. The van der Waals surface area contributed by atoms with Crippen LogP contribution in [0.15, 0.2) is 28.9 Å². The molecule has 2 rings (SSSR count). The number of benzene rings is 1. The second-order valence-electron chi connectivity index (χ2n) is 3.37. The Bertz CT molecular complexity index is 535. The van der Waals surface area contributed by atoms with Crippen molar-refractivity contribution >= 4 is 28.9 Å². The van der Waals surface area contributed by atoms with Gasteiger partial charge >= 0.3 is 0 Å². The number of ketones is 2. The maximum absolute atomic E-state index is 12.0. The third-order valence-electron chi connectivity index (χ3n) is 2.46. The number of nitrogens with one attached hydrogen (secondary N) is 1. The van der Waals surface area contributed by atoms with Gasteiger partial charge in [-0.3, -0.25) is 9.59 Å². The van der Waals surface area contributed by atoms with Crippen LogP contribution in [0.4, 0.5) is 5.69 Å². The number of Topliss-reactive ketones (excluding diaryl/α,β-unsaturated/α-hetero) is 2. The minimum absolute atomic E-state index is 0.0920. The molecule has 0 bridgehead atoms.